The molecule has 1 aromatic carbocycles. The Hall–Kier alpha value is -2.36. The molecule has 0 unspecified atom stereocenters. The maximum absolute atomic E-state index is 12.5. The number of likely N-dealkylation sites (N-methyl/N-ethyl adjacent to an activating group) is 1. The Kier molecular flexibility index (Phi) is 2.74. The Labute approximate surface area is 117 Å². The lowest BCUT2D eigenvalue weighted by molar-refractivity contribution is -0.117. The molecule has 0 atom stereocenters. The molecule has 0 bridgehead atoms. The number of amides is 1. The Morgan fingerprint density at radius 1 is 1.25 bits per heavy atom. The first kappa shape index (κ1) is 12.7. The summed E-state index contributed by atoms with van der Waals surface area (Å²) in [6, 6.07) is 7.15. The van der Waals surface area contributed by atoms with E-state index in [1.54, 1.807) is 37.1 Å². The van der Waals surface area contributed by atoms with Crippen LogP contribution in [0.25, 0.3) is 0 Å². The van der Waals surface area contributed by atoms with E-state index >= 15 is 0 Å². The van der Waals surface area contributed by atoms with Crippen molar-refractivity contribution in [2.75, 3.05) is 11.9 Å². The lowest BCUT2D eigenvalue weighted by Crippen LogP contribution is -2.20. The van der Waals surface area contributed by atoms with Gasteiger partial charge in [0.05, 0.1) is 12.0 Å². The number of hydrogen-bond acceptors (Lipinski definition) is 3. The first-order chi connectivity index (χ1) is 9.47. The molecule has 4 heteroatoms. The molecule has 0 N–H and O–H groups in total. The molecule has 4 nitrogen and oxygen atoms in total. The van der Waals surface area contributed by atoms with E-state index < -0.39 is 0 Å². The fraction of sp³-hybridized carbons (Fsp3) is 0.250. The number of aryl methyl sites for hydroxylation is 2. The van der Waals surface area contributed by atoms with E-state index in [1.165, 1.54) is 0 Å². The van der Waals surface area contributed by atoms with E-state index in [1.807, 2.05) is 13.0 Å². The third-order valence-corrected chi connectivity index (χ3v) is 3.70. The van der Waals surface area contributed by atoms with Crippen molar-refractivity contribution in [3.63, 3.8) is 0 Å². The number of anilines is 1. The molecule has 3 rings (SSSR count). The number of carbonyl (C=O) groups excluding carboxylic acids is 2. The molecule has 1 aromatic heterocycles. The second kappa shape index (κ2) is 4.34. The van der Waals surface area contributed by atoms with Gasteiger partial charge in [-0.3, -0.25) is 9.59 Å². The van der Waals surface area contributed by atoms with E-state index in [2.05, 4.69) is 0 Å². The van der Waals surface area contributed by atoms with Crippen LogP contribution in [-0.2, 0) is 11.2 Å². The zero-order valence-corrected chi connectivity index (χ0v) is 11.7. The van der Waals surface area contributed by atoms with E-state index in [-0.39, 0.29) is 11.7 Å². The molecule has 20 heavy (non-hydrogen) atoms. The largest absolute Gasteiger partial charge is 0.466 e. The molecule has 1 aliphatic rings. The predicted molar refractivity (Wildman–Crippen MR) is 75.2 cm³/mol. The normalized spacial score (nSPS) is 13.8. The van der Waals surface area contributed by atoms with Crippen LogP contribution in [0.3, 0.4) is 0 Å². The molecule has 1 aliphatic heterocycles. The van der Waals surface area contributed by atoms with E-state index in [0.717, 1.165) is 17.0 Å². The summed E-state index contributed by atoms with van der Waals surface area (Å²) in [5.41, 5.74) is 2.96. The van der Waals surface area contributed by atoms with Gasteiger partial charge in [0.25, 0.3) is 0 Å². The standard InChI is InChI=1S/C16H15NO3/c1-9-6-13(10(2)20-9)16(19)11-4-5-14-12(7-11)8-15(18)17(14)3/h4-7H,8H2,1-3H3. The monoisotopic (exact) mass is 269 g/mol. The van der Waals surface area contributed by atoms with E-state index in [9.17, 15) is 9.59 Å². The van der Waals surface area contributed by atoms with Crippen LogP contribution in [0, 0.1) is 13.8 Å². The number of hydrogen-bond donors (Lipinski definition) is 0. The summed E-state index contributed by atoms with van der Waals surface area (Å²) < 4.78 is 5.40. The van der Waals surface area contributed by atoms with Crippen LogP contribution in [-0.4, -0.2) is 18.7 Å². The van der Waals surface area contributed by atoms with Crippen molar-refractivity contribution >= 4 is 17.4 Å². The highest BCUT2D eigenvalue weighted by molar-refractivity contribution is 6.11. The van der Waals surface area contributed by atoms with Gasteiger partial charge in [-0.2, -0.15) is 0 Å². The smallest absolute Gasteiger partial charge is 0.231 e. The number of benzene rings is 1. The number of furan rings is 1. The van der Waals surface area contributed by atoms with Crippen molar-refractivity contribution in [1.82, 2.24) is 0 Å². The zero-order valence-electron chi connectivity index (χ0n) is 11.7. The molecule has 0 saturated heterocycles. The average Bonchev–Trinajstić information content (AvgIpc) is 2.89. The number of ketones is 1. The van der Waals surface area contributed by atoms with Gasteiger partial charge in [-0.1, -0.05) is 0 Å². The molecule has 0 radical (unpaired) electrons. The van der Waals surface area contributed by atoms with Gasteiger partial charge < -0.3 is 9.32 Å². The Morgan fingerprint density at radius 3 is 2.65 bits per heavy atom. The first-order valence-corrected chi connectivity index (χ1v) is 6.48. The summed E-state index contributed by atoms with van der Waals surface area (Å²) in [6.45, 7) is 3.60. The van der Waals surface area contributed by atoms with Gasteiger partial charge in [0.2, 0.25) is 5.91 Å². The van der Waals surface area contributed by atoms with Crippen LogP contribution in [0.2, 0.25) is 0 Å². The van der Waals surface area contributed by atoms with Gasteiger partial charge in [0.1, 0.15) is 11.5 Å². The third kappa shape index (κ3) is 1.84. The van der Waals surface area contributed by atoms with Gasteiger partial charge >= 0.3 is 0 Å². The van der Waals surface area contributed by atoms with Crippen LogP contribution in [0.4, 0.5) is 5.69 Å². The summed E-state index contributed by atoms with van der Waals surface area (Å²) in [6.07, 6.45) is 0.357. The summed E-state index contributed by atoms with van der Waals surface area (Å²) in [5.74, 6) is 1.34. The molecule has 1 amide bonds. The second-order valence-corrected chi connectivity index (χ2v) is 5.13. The van der Waals surface area contributed by atoms with Gasteiger partial charge in [0, 0.05) is 18.3 Å². The highest BCUT2D eigenvalue weighted by Gasteiger charge is 2.25. The maximum Gasteiger partial charge on any atom is 0.231 e. The van der Waals surface area contributed by atoms with Crippen LogP contribution in [0.15, 0.2) is 28.7 Å². The highest BCUT2D eigenvalue weighted by atomic mass is 16.3. The Balaban J connectivity index is 2.01. The van der Waals surface area contributed by atoms with Gasteiger partial charge in [-0.25, -0.2) is 0 Å². The maximum atomic E-state index is 12.5. The van der Waals surface area contributed by atoms with Crippen molar-refractivity contribution in [1.29, 1.82) is 0 Å². The van der Waals surface area contributed by atoms with Crippen molar-refractivity contribution in [3.05, 3.63) is 52.5 Å². The summed E-state index contributed by atoms with van der Waals surface area (Å²) in [4.78, 5) is 25.8. The molecular formula is C16H15NO3. The van der Waals surface area contributed by atoms with Crippen molar-refractivity contribution < 1.29 is 14.0 Å². The quantitative estimate of drug-likeness (QED) is 0.787. The number of nitrogens with zero attached hydrogens (tertiary/aromatic N) is 1. The Morgan fingerprint density at radius 2 is 2.00 bits per heavy atom. The van der Waals surface area contributed by atoms with Crippen LogP contribution >= 0.6 is 0 Å². The fourth-order valence-electron chi connectivity index (χ4n) is 2.62. The van der Waals surface area contributed by atoms with Crippen molar-refractivity contribution in [3.8, 4) is 0 Å². The van der Waals surface area contributed by atoms with Crippen LogP contribution in [0.1, 0.15) is 33.0 Å². The summed E-state index contributed by atoms with van der Waals surface area (Å²) >= 11 is 0. The first-order valence-electron chi connectivity index (χ1n) is 6.48. The summed E-state index contributed by atoms with van der Waals surface area (Å²) in [7, 11) is 1.75. The minimum Gasteiger partial charge on any atom is -0.466 e. The molecule has 0 saturated carbocycles. The molecule has 2 aromatic rings. The lowest BCUT2D eigenvalue weighted by atomic mass is 10.0. The SMILES string of the molecule is Cc1cc(C(=O)c2ccc3c(c2)CC(=O)N3C)c(C)o1. The van der Waals surface area contributed by atoms with E-state index in [0.29, 0.717) is 23.3 Å². The molecular weight excluding hydrogens is 254 g/mol. The van der Waals surface area contributed by atoms with Crippen molar-refractivity contribution in [2.45, 2.75) is 20.3 Å². The average molecular weight is 269 g/mol. The lowest BCUT2D eigenvalue weighted by Gasteiger charge is -2.10. The third-order valence-electron chi connectivity index (χ3n) is 3.70. The number of carbonyl (C=O) groups is 2. The van der Waals surface area contributed by atoms with Gasteiger partial charge in [0.15, 0.2) is 5.78 Å². The van der Waals surface area contributed by atoms with Crippen molar-refractivity contribution in [2.24, 2.45) is 0 Å². The highest BCUT2D eigenvalue weighted by Crippen LogP contribution is 2.29. The molecule has 102 valence electrons. The predicted octanol–water partition coefficient (Wildman–Crippen LogP) is 2.65. The minimum absolute atomic E-state index is 0.0555. The van der Waals surface area contributed by atoms with Crippen LogP contribution in [0.5, 0.6) is 0 Å². The molecule has 0 aliphatic carbocycles. The Bertz CT molecular complexity index is 727. The number of fused-ring (bicyclic) bond motifs is 1. The van der Waals surface area contributed by atoms with Crippen LogP contribution < -0.4 is 4.90 Å². The zero-order chi connectivity index (χ0) is 14.4. The van der Waals surface area contributed by atoms with Gasteiger partial charge in [-0.05, 0) is 43.7 Å². The fourth-order valence-corrected chi connectivity index (χ4v) is 2.62. The van der Waals surface area contributed by atoms with E-state index in [4.69, 9.17) is 4.42 Å². The second-order valence-electron chi connectivity index (χ2n) is 5.13. The minimum atomic E-state index is -0.0656. The number of rotatable bonds is 2. The van der Waals surface area contributed by atoms with Gasteiger partial charge in [-0.15, -0.1) is 0 Å². The molecule has 0 fully saturated rings. The molecule has 2 heterocycles. The topological polar surface area (TPSA) is 50.5 Å². The molecule has 0 spiro atoms. The summed E-state index contributed by atoms with van der Waals surface area (Å²) in [5, 5.41) is 0.